The molecule has 0 bridgehead atoms. The largest absolute Gasteiger partial charge is 0.497 e. The van der Waals surface area contributed by atoms with E-state index in [2.05, 4.69) is 21.2 Å². The molecule has 0 aliphatic carbocycles. The summed E-state index contributed by atoms with van der Waals surface area (Å²) in [6.07, 6.45) is 1.92. The van der Waals surface area contributed by atoms with E-state index in [1.165, 1.54) is 24.1 Å². The number of carbonyl (C=O) groups excluding carboxylic acids is 2. The molecule has 0 aliphatic rings. The van der Waals surface area contributed by atoms with E-state index in [9.17, 15) is 18.0 Å². The van der Waals surface area contributed by atoms with E-state index in [1.54, 1.807) is 36.4 Å². The van der Waals surface area contributed by atoms with Crippen molar-refractivity contribution < 1.29 is 22.7 Å². The van der Waals surface area contributed by atoms with Gasteiger partial charge in [-0.3, -0.25) is 13.9 Å². The van der Waals surface area contributed by atoms with Crippen LogP contribution in [0, 0.1) is 0 Å². The average Bonchev–Trinajstić information content (AvgIpc) is 3.07. The number of hydrogen-bond donors (Lipinski definition) is 1. The molecule has 0 aliphatic heterocycles. The Kier molecular flexibility index (Phi) is 12.7. The Hall–Kier alpha value is -3.86. The monoisotopic (exact) mass is 725 g/mol. The van der Waals surface area contributed by atoms with Crippen LogP contribution in [-0.2, 0) is 32.6 Å². The summed E-state index contributed by atoms with van der Waals surface area (Å²) in [5.41, 5.74) is 1.91. The highest BCUT2D eigenvalue weighted by molar-refractivity contribution is 9.10. The molecular weight excluding hydrogens is 690 g/mol. The number of sulfonamides is 1. The summed E-state index contributed by atoms with van der Waals surface area (Å²) in [7, 11) is -2.75. The van der Waals surface area contributed by atoms with Crippen molar-refractivity contribution >= 4 is 55.1 Å². The molecule has 0 radical (unpaired) electrons. The maximum Gasteiger partial charge on any atom is 0.264 e. The van der Waals surface area contributed by atoms with Crippen LogP contribution >= 0.6 is 27.5 Å². The number of anilines is 1. The number of ether oxygens (including phenoxy) is 1. The molecule has 0 heterocycles. The van der Waals surface area contributed by atoms with Crippen molar-refractivity contribution in [2.24, 2.45) is 0 Å². The van der Waals surface area contributed by atoms with Gasteiger partial charge in [-0.25, -0.2) is 8.42 Å². The fourth-order valence-electron chi connectivity index (χ4n) is 4.86. The maximum absolute atomic E-state index is 14.5. The van der Waals surface area contributed by atoms with Crippen LogP contribution in [0.4, 0.5) is 5.69 Å². The van der Waals surface area contributed by atoms with Crippen molar-refractivity contribution in [1.29, 1.82) is 0 Å². The number of unbranched alkanes of at least 4 members (excludes halogenated alkanes) is 1. The van der Waals surface area contributed by atoms with Gasteiger partial charge in [-0.05, 0) is 78.2 Å². The highest BCUT2D eigenvalue weighted by atomic mass is 79.9. The lowest BCUT2D eigenvalue weighted by Crippen LogP contribution is -2.53. The molecule has 242 valence electrons. The first-order chi connectivity index (χ1) is 22.1. The van der Waals surface area contributed by atoms with Crippen LogP contribution in [0.15, 0.2) is 112 Å². The molecule has 11 heteroatoms. The minimum Gasteiger partial charge on any atom is -0.497 e. The van der Waals surface area contributed by atoms with Gasteiger partial charge >= 0.3 is 0 Å². The molecule has 0 fully saturated rings. The zero-order valence-electron chi connectivity index (χ0n) is 25.7. The summed E-state index contributed by atoms with van der Waals surface area (Å²) >= 11 is 9.59. The predicted octanol–water partition coefficient (Wildman–Crippen LogP) is 6.86. The summed E-state index contributed by atoms with van der Waals surface area (Å²) in [5, 5.41) is 3.41. The molecule has 0 aromatic heterocycles. The third kappa shape index (κ3) is 9.34. The number of amides is 2. The Labute approximate surface area is 284 Å². The molecule has 1 N–H and O–H groups in total. The van der Waals surface area contributed by atoms with Gasteiger partial charge < -0.3 is 15.0 Å². The number of rotatable bonds is 15. The van der Waals surface area contributed by atoms with Gasteiger partial charge in [0.15, 0.2) is 0 Å². The van der Waals surface area contributed by atoms with E-state index in [4.69, 9.17) is 16.3 Å². The van der Waals surface area contributed by atoms with Crippen LogP contribution in [0.1, 0.15) is 30.9 Å². The van der Waals surface area contributed by atoms with Gasteiger partial charge in [0.05, 0.1) is 17.7 Å². The Morgan fingerprint density at radius 1 is 0.891 bits per heavy atom. The molecule has 4 rings (SSSR count). The van der Waals surface area contributed by atoms with E-state index in [1.807, 2.05) is 61.5 Å². The number of carbonyl (C=O) groups is 2. The molecule has 0 saturated heterocycles. The molecule has 2 amide bonds. The van der Waals surface area contributed by atoms with Gasteiger partial charge in [-0.1, -0.05) is 83.3 Å². The quantitative estimate of drug-likeness (QED) is 0.135. The number of nitrogens with one attached hydrogen (secondary N) is 1. The first kappa shape index (κ1) is 35.0. The van der Waals surface area contributed by atoms with Crippen molar-refractivity contribution in [3.63, 3.8) is 0 Å². The molecule has 0 spiro atoms. The molecule has 4 aromatic rings. The second-order valence-corrected chi connectivity index (χ2v) is 13.9. The minimum atomic E-state index is -4.24. The minimum absolute atomic E-state index is 0.0198. The van der Waals surface area contributed by atoms with Crippen molar-refractivity contribution in [3.8, 4) is 5.75 Å². The number of benzene rings is 4. The zero-order chi connectivity index (χ0) is 33.1. The molecule has 1 atom stereocenters. The summed E-state index contributed by atoms with van der Waals surface area (Å²) in [6, 6.07) is 28.2. The maximum atomic E-state index is 14.5. The molecular formula is C35H37BrClN3O5S. The first-order valence-corrected chi connectivity index (χ1v) is 17.5. The molecule has 0 saturated carbocycles. The lowest BCUT2D eigenvalue weighted by Gasteiger charge is -2.34. The van der Waals surface area contributed by atoms with E-state index in [0.717, 1.165) is 32.7 Å². The SMILES string of the molecule is CCCCNC(=O)C(Cc1ccccc1)N(Cc1ccc(Br)cc1)C(=O)CN(c1ccc(Cl)cc1)S(=O)(=O)c1ccc(OC)cc1. The summed E-state index contributed by atoms with van der Waals surface area (Å²) in [4.78, 5) is 29.8. The van der Waals surface area contributed by atoms with Crippen molar-refractivity contribution in [2.45, 2.75) is 43.7 Å². The smallest absolute Gasteiger partial charge is 0.264 e. The van der Waals surface area contributed by atoms with Crippen LogP contribution in [0.25, 0.3) is 0 Å². The van der Waals surface area contributed by atoms with E-state index in [-0.39, 0.29) is 29.5 Å². The first-order valence-electron chi connectivity index (χ1n) is 14.9. The number of methoxy groups -OCH3 is 1. The topological polar surface area (TPSA) is 96.0 Å². The third-order valence-corrected chi connectivity index (χ3v) is 9.98. The predicted molar refractivity (Wildman–Crippen MR) is 186 cm³/mol. The molecule has 46 heavy (non-hydrogen) atoms. The van der Waals surface area contributed by atoms with Crippen LogP contribution in [0.5, 0.6) is 5.75 Å². The average molecular weight is 727 g/mol. The summed E-state index contributed by atoms with van der Waals surface area (Å²) < 4.78 is 35.4. The lowest BCUT2D eigenvalue weighted by atomic mass is 10.0. The van der Waals surface area contributed by atoms with Crippen molar-refractivity contribution in [1.82, 2.24) is 10.2 Å². The van der Waals surface area contributed by atoms with Crippen LogP contribution < -0.4 is 14.4 Å². The number of hydrogen-bond acceptors (Lipinski definition) is 5. The van der Waals surface area contributed by atoms with Gasteiger partial charge in [-0.2, -0.15) is 0 Å². The second kappa shape index (κ2) is 16.6. The number of halogens is 2. The highest BCUT2D eigenvalue weighted by Crippen LogP contribution is 2.27. The van der Waals surface area contributed by atoms with Crippen LogP contribution in [0.3, 0.4) is 0 Å². The Bertz CT molecular complexity index is 1690. The van der Waals surface area contributed by atoms with Gasteiger partial charge in [0.1, 0.15) is 18.3 Å². The van der Waals surface area contributed by atoms with Gasteiger partial charge in [-0.15, -0.1) is 0 Å². The standard InChI is InChI=1S/C35H37BrClN3O5S/c1-3-4-22-38-35(42)33(23-26-8-6-5-7-9-26)39(24-27-10-12-28(36)13-11-27)34(41)25-40(30-16-14-29(37)15-17-30)46(43,44)32-20-18-31(45-2)19-21-32/h5-21,33H,3-4,22-25H2,1-2H3,(H,38,42). The van der Waals surface area contributed by atoms with Crippen molar-refractivity contribution in [2.75, 3.05) is 24.5 Å². The van der Waals surface area contributed by atoms with Crippen LogP contribution in [0.2, 0.25) is 5.02 Å². The summed E-state index contributed by atoms with van der Waals surface area (Å²) in [6.45, 7) is 2.02. The zero-order valence-corrected chi connectivity index (χ0v) is 28.9. The Balaban J connectivity index is 1.78. The van der Waals surface area contributed by atoms with Crippen LogP contribution in [-0.4, -0.2) is 51.4 Å². The Morgan fingerprint density at radius 3 is 2.15 bits per heavy atom. The van der Waals surface area contributed by atoms with E-state index in [0.29, 0.717) is 17.3 Å². The molecule has 1 unspecified atom stereocenters. The molecule has 8 nitrogen and oxygen atoms in total. The second-order valence-electron chi connectivity index (χ2n) is 10.7. The summed E-state index contributed by atoms with van der Waals surface area (Å²) in [5.74, 6) is -0.355. The van der Waals surface area contributed by atoms with E-state index >= 15 is 0 Å². The van der Waals surface area contributed by atoms with Gasteiger partial charge in [0.25, 0.3) is 10.0 Å². The molecule has 4 aromatic carbocycles. The van der Waals surface area contributed by atoms with Gasteiger partial charge in [0, 0.05) is 29.0 Å². The highest BCUT2D eigenvalue weighted by Gasteiger charge is 2.34. The Morgan fingerprint density at radius 2 is 1.54 bits per heavy atom. The third-order valence-electron chi connectivity index (χ3n) is 7.41. The number of nitrogens with zero attached hydrogens (tertiary/aromatic N) is 2. The van der Waals surface area contributed by atoms with Gasteiger partial charge in [0.2, 0.25) is 11.8 Å². The van der Waals surface area contributed by atoms with Crippen molar-refractivity contribution in [3.05, 3.63) is 124 Å². The normalized spacial score (nSPS) is 11.8. The fourth-order valence-corrected chi connectivity index (χ4v) is 6.66. The fraction of sp³-hybridized carbons (Fsp3) is 0.257. The van der Waals surface area contributed by atoms with E-state index < -0.39 is 28.5 Å². The lowest BCUT2D eigenvalue weighted by molar-refractivity contribution is -0.140.